The highest BCUT2D eigenvalue weighted by atomic mass is 14.2. The molecule has 0 nitrogen and oxygen atoms in total. The van der Waals surface area contributed by atoms with Crippen LogP contribution in [0.25, 0.3) is 6.08 Å². The van der Waals surface area contributed by atoms with Gasteiger partial charge in [0.1, 0.15) is 0 Å². The van der Waals surface area contributed by atoms with Crippen molar-refractivity contribution in [2.24, 2.45) is 11.8 Å². The Morgan fingerprint density at radius 1 is 0.821 bits per heavy atom. The average molecular weight is 377 g/mol. The van der Waals surface area contributed by atoms with E-state index in [1.165, 1.54) is 88.2 Å². The summed E-state index contributed by atoms with van der Waals surface area (Å²) in [7, 11) is 0. The molecule has 0 heteroatoms. The third-order valence-corrected chi connectivity index (χ3v) is 6.05. The maximum Gasteiger partial charge on any atom is -0.0109 e. The van der Waals surface area contributed by atoms with Gasteiger partial charge < -0.3 is 0 Å². The second kappa shape index (κ2) is 14.3. The molecule has 0 spiro atoms. The van der Waals surface area contributed by atoms with Crippen LogP contribution in [0.15, 0.2) is 42.5 Å². The van der Waals surface area contributed by atoms with Crippen LogP contribution in [0, 0.1) is 23.7 Å². The Labute approximate surface area is 174 Å². The molecule has 152 valence electrons. The Hall–Kier alpha value is -1.74. The number of allylic oxidation sites excluding steroid dienone is 3. The summed E-state index contributed by atoms with van der Waals surface area (Å²) in [5, 5.41) is 0. The number of hydrogen-bond donors (Lipinski definition) is 0. The van der Waals surface area contributed by atoms with Crippen molar-refractivity contribution in [1.29, 1.82) is 0 Å². The summed E-state index contributed by atoms with van der Waals surface area (Å²) >= 11 is 0. The second-order valence-corrected chi connectivity index (χ2v) is 8.46. The summed E-state index contributed by atoms with van der Waals surface area (Å²) in [6, 6.07) is 8.91. The summed E-state index contributed by atoms with van der Waals surface area (Å²) < 4.78 is 0. The standard InChI is InChI=1S/C28H40/c1-3-5-9-13-25-17-21-27(22-18-25)15-11-7-8-12-16-28-23-19-26(20-24-28)14-10-6-4-2/h11-12,15-18,21-22,26,28H,3-6,9-10,13-14,19-20,23-24H2,1-2H3/b15-11+,16-12+/t26-,28-. The van der Waals surface area contributed by atoms with Crippen LogP contribution in [0.2, 0.25) is 0 Å². The molecule has 28 heavy (non-hydrogen) atoms. The van der Waals surface area contributed by atoms with E-state index in [9.17, 15) is 0 Å². The van der Waals surface area contributed by atoms with Crippen molar-refractivity contribution >= 4 is 6.08 Å². The zero-order valence-electron chi connectivity index (χ0n) is 18.3. The smallest absolute Gasteiger partial charge is 0.0109 e. The monoisotopic (exact) mass is 376 g/mol. The first-order valence-corrected chi connectivity index (χ1v) is 11.7. The van der Waals surface area contributed by atoms with Crippen LogP contribution in [-0.4, -0.2) is 0 Å². The molecule has 1 aliphatic carbocycles. The molecule has 0 heterocycles. The topological polar surface area (TPSA) is 0 Å². The highest BCUT2D eigenvalue weighted by molar-refractivity contribution is 5.53. The molecular weight excluding hydrogens is 336 g/mol. The van der Waals surface area contributed by atoms with E-state index in [1.807, 2.05) is 6.08 Å². The van der Waals surface area contributed by atoms with Gasteiger partial charge in [-0.3, -0.25) is 0 Å². The van der Waals surface area contributed by atoms with E-state index in [4.69, 9.17) is 0 Å². The summed E-state index contributed by atoms with van der Waals surface area (Å²) in [4.78, 5) is 0. The van der Waals surface area contributed by atoms with E-state index in [-0.39, 0.29) is 0 Å². The van der Waals surface area contributed by atoms with Crippen LogP contribution >= 0.6 is 0 Å². The first-order valence-electron chi connectivity index (χ1n) is 11.7. The number of aryl methyl sites for hydroxylation is 1. The fraction of sp³-hybridized carbons (Fsp3) is 0.571. The summed E-state index contributed by atoms with van der Waals surface area (Å²) in [6.45, 7) is 4.55. The number of unbranched alkanes of at least 4 members (excludes halogenated alkanes) is 4. The molecule has 0 aromatic heterocycles. The lowest BCUT2D eigenvalue weighted by atomic mass is 9.79. The van der Waals surface area contributed by atoms with Crippen LogP contribution < -0.4 is 0 Å². The molecule has 0 amide bonds. The maximum atomic E-state index is 3.18. The fourth-order valence-corrected chi connectivity index (χ4v) is 4.15. The van der Waals surface area contributed by atoms with Crippen molar-refractivity contribution in [2.45, 2.75) is 90.9 Å². The SMILES string of the molecule is CCCCCc1ccc(/C=C/C#C/C=C/[C@H]2CC[C@H](CCCCC)CC2)cc1. The number of rotatable bonds is 10. The van der Waals surface area contributed by atoms with Gasteiger partial charge in [0.15, 0.2) is 0 Å². The van der Waals surface area contributed by atoms with Gasteiger partial charge in [0.2, 0.25) is 0 Å². The Balaban J connectivity index is 1.66. The van der Waals surface area contributed by atoms with Crippen molar-refractivity contribution in [3.8, 4) is 11.8 Å². The fourth-order valence-electron chi connectivity index (χ4n) is 4.15. The summed E-state index contributed by atoms with van der Waals surface area (Å²) in [5.74, 6) is 8.08. The quantitative estimate of drug-likeness (QED) is 0.284. The van der Waals surface area contributed by atoms with Gasteiger partial charge in [-0.1, -0.05) is 94.6 Å². The first kappa shape index (κ1) is 22.5. The van der Waals surface area contributed by atoms with Gasteiger partial charge >= 0.3 is 0 Å². The molecule has 1 saturated carbocycles. The minimum absolute atomic E-state index is 0.751. The van der Waals surface area contributed by atoms with E-state index in [2.05, 4.69) is 68.2 Å². The van der Waals surface area contributed by atoms with Gasteiger partial charge in [-0.2, -0.15) is 0 Å². The van der Waals surface area contributed by atoms with Gasteiger partial charge in [-0.15, -0.1) is 0 Å². The molecule has 0 unspecified atom stereocenters. The molecule has 1 fully saturated rings. The summed E-state index contributed by atoms with van der Waals surface area (Å²) in [5.41, 5.74) is 2.68. The number of benzene rings is 1. The van der Waals surface area contributed by atoms with Crippen molar-refractivity contribution in [2.75, 3.05) is 0 Å². The van der Waals surface area contributed by atoms with Gasteiger partial charge in [0.05, 0.1) is 0 Å². The second-order valence-electron chi connectivity index (χ2n) is 8.46. The lowest BCUT2D eigenvalue weighted by Crippen LogP contribution is -2.12. The minimum atomic E-state index is 0.751. The molecular formula is C28H40. The Morgan fingerprint density at radius 2 is 1.50 bits per heavy atom. The van der Waals surface area contributed by atoms with Crippen LogP contribution in [0.4, 0.5) is 0 Å². The molecule has 1 aromatic carbocycles. The third-order valence-electron chi connectivity index (χ3n) is 6.05. The minimum Gasteiger partial charge on any atom is -0.0730 e. The van der Waals surface area contributed by atoms with Crippen molar-refractivity contribution in [1.82, 2.24) is 0 Å². The van der Waals surface area contributed by atoms with Gasteiger partial charge in [0.25, 0.3) is 0 Å². The lowest BCUT2D eigenvalue weighted by molar-refractivity contribution is 0.289. The first-order chi connectivity index (χ1) is 13.8. The van der Waals surface area contributed by atoms with Crippen molar-refractivity contribution < 1.29 is 0 Å². The highest BCUT2D eigenvalue weighted by Gasteiger charge is 2.18. The molecule has 0 aliphatic heterocycles. The predicted octanol–water partition coefficient (Wildman–Crippen LogP) is 8.38. The van der Waals surface area contributed by atoms with Crippen LogP contribution in [-0.2, 0) is 6.42 Å². The van der Waals surface area contributed by atoms with Crippen LogP contribution in [0.1, 0.15) is 95.6 Å². The molecule has 0 saturated heterocycles. The largest absolute Gasteiger partial charge is 0.0730 e. The Bertz CT molecular complexity index is 627. The van der Waals surface area contributed by atoms with Gasteiger partial charge in [-0.05, 0) is 79.7 Å². The molecule has 2 rings (SSSR count). The van der Waals surface area contributed by atoms with Gasteiger partial charge in [0, 0.05) is 0 Å². The lowest BCUT2D eigenvalue weighted by Gasteiger charge is -2.26. The van der Waals surface area contributed by atoms with Crippen molar-refractivity contribution in [3.63, 3.8) is 0 Å². The normalized spacial score (nSPS) is 19.8. The van der Waals surface area contributed by atoms with Crippen molar-refractivity contribution in [3.05, 3.63) is 53.6 Å². The van der Waals surface area contributed by atoms with E-state index in [1.54, 1.807) is 0 Å². The highest BCUT2D eigenvalue weighted by Crippen LogP contribution is 2.32. The van der Waals surface area contributed by atoms with E-state index in [0.29, 0.717) is 0 Å². The molecule has 0 bridgehead atoms. The van der Waals surface area contributed by atoms with Gasteiger partial charge in [-0.25, -0.2) is 0 Å². The zero-order valence-corrected chi connectivity index (χ0v) is 18.3. The van der Waals surface area contributed by atoms with Crippen LogP contribution in [0.5, 0.6) is 0 Å². The molecule has 0 atom stereocenters. The van der Waals surface area contributed by atoms with E-state index < -0.39 is 0 Å². The average Bonchev–Trinajstić information content (AvgIpc) is 2.73. The third kappa shape index (κ3) is 9.45. The predicted molar refractivity (Wildman–Crippen MR) is 125 cm³/mol. The van der Waals surface area contributed by atoms with E-state index >= 15 is 0 Å². The Kier molecular flexibility index (Phi) is 11.5. The molecule has 1 aromatic rings. The summed E-state index contributed by atoms with van der Waals surface area (Å²) in [6.07, 6.45) is 24.8. The zero-order chi connectivity index (χ0) is 19.9. The van der Waals surface area contributed by atoms with E-state index in [0.717, 1.165) is 11.8 Å². The molecule has 0 radical (unpaired) electrons. The Morgan fingerprint density at radius 3 is 2.21 bits per heavy atom. The maximum absolute atomic E-state index is 3.18. The number of hydrogen-bond acceptors (Lipinski definition) is 0. The van der Waals surface area contributed by atoms with Crippen LogP contribution in [0.3, 0.4) is 0 Å². The molecule has 0 N–H and O–H groups in total. The molecule has 1 aliphatic rings.